The molecule has 0 aliphatic heterocycles. The molecule has 1 N–H and O–H groups in total. The van der Waals surface area contributed by atoms with E-state index in [-0.39, 0.29) is 17.1 Å². The van der Waals surface area contributed by atoms with E-state index in [0.29, 0.717) is 28.6 Å². The molecule has 0 spiro atoms. The number of hydrogen-bond acceptors (Lipinski definition) is 6. The van der Waals surface area contributed by atoms with Crippen molar-refractivity contribution in [2.24, 2.45) is 0 Å². The van der Waals surface area contributed by atoms with Crippen LogP contribution < -0.4 is 15.9 Å². The molecule has 4 aromatic rings. The maximum Gasteiger partial charge on any atom is 0.277 e. The minimum absolute atomic E-state index is 0.194. The summed E-state index contributed by atoms with van der Waals surface area (Å²) in [6, 6.07) is 5.11. The molecule has 4 aromatic heterocycles. The van der Waals surface area contributed by atoms with Crippen LogP contribution in [0.25, 0.3) is 11.5 Å². The lowest BCUT2D eigenvalue weighted by Crippen LogP contribution is -2.37. The lowest BCUT2D eigenvalue weighted by atomic mass is 9.62. The summed E-state index contributed by atoms with van der Waals surface area (Å²) in [6.45, 7) is 8.05. The third-order valence-electron chi connectivity index (χ3n) is 6.22. The zero-order valence-electron chi connectivity index (χ0n) is 22.3. The molecule has 202 valence electrons. The molecule has 0 fully saturated rings. The molecule has 8 nitrogen and oxygen atoms in total. The number of aryl methyl sites for hydroxylation is 3. The van der Waals surface area contributed by atoms with E-state index in [9.17, 15) is 23.5 Å². The van der Waals surface area contributed by atoms with Gasteiger partial charge in [-0.15, -0.1) is 0 Å². The van der Waals surface area contributed by atoms with Gasteiger partial charge in [0.1, 0.15) is 49.6 Å². The van der Waals surface area contributed by atoms with Gasteiger partial charge in [0.15, 0.2) is 0 Å². The first-order chi connectivity index (χ1) is 18.5. The molecular formula is C27H23B2ClF2N4O4. The quantitative estimate of drug-likeness (QED) is 0.362. The highest BCUT2D eigenvalue weighted by atomic mass is 35.5. The zero-order chi connectivity index (χ0) is 29.7. The largest absolute Gasteiger partial charge is 0.499 e. The Kier molecular flexibility index (Phi) is 7.55. The number of hydrogen-bond donors (Lipinski definition) is 1. The molecule has 0 saturated carbocycles. The van der Waals surface area contributed by atoms with Crippen molar-refractivity contribution in [3.05, 3.63) is 108 Å². The van der Waals surface area contributed by atoms with Crippen LogP contribution in [0.5, 0.6) is 5.75 Å². The Morgan fingerprint density at radius 2 is 1.68 bits per heavy atom. The average molecular weight is 563 g/mol. The van der Waals surface area contributed by atoms with E-state index in [1.807, 2.05) is 0 Å². The van der Waals surface area contributed by atoms with Crippen molar-refractivity contribution in [3.8, 4) is 17.3 Å². The predicted molar refractivity (Wildman–Crippen MR) is 148 cm³/mol. The second-order valence-electron chi connectivity index (χ2n) is 9.92. The summed E-state index contributed by atoms with van der Waals surface area (Å²) in [5.74, 6) is -2.15. The van der Waals surface area contributed by atoms with E-state index in [1.165, 1.54) is 47.5 Å². The minimum atomic E-state index is -2.39. The molecule has 0 aliphatic carbocycles. The van der Waals surface area contributed by atoms with Gasteiger partial charge in [0.05, 0.1) is 28.4 Å². The lowest BCUT2D eigenvalue weighted by Gasteiger charge is -2.28. The number of aliphatic hydroxyl groups is 1. The molecule has 13 heteroatoms. The second-order valence-corrected chi connectivity index (χ2v) is 10.3. The first kappa shape index (κ1) is 29.2. The van der Waals surface area contributed by atoms with Crippen LogP contribution in [-0.2, 0) is 11.0 Å². The fourth-order valence-corrected chi connectivity index (χ4v) is 4.59. The first-order valence-electron chi connectivity index (χ1n) is 12.0. The number of pyridine rings is 4. The van der Waals surface area contributed by atoms with Crippen LogP contribution in [0, 0.1) is 32.4 Å². The molecule has 0 aromatic carbocycles. The number of aromatic nitrogens is 4. The Bertz CT molecular complexity index is 1770. The zero-order valence-corrected chi connectivity index (χ0v) is 23.0. The summed E-state index contributed by atoms with van der Waals surface area (Å²) < 4.78 is 35.6. The number of ether oxygens (including phenoxy) is 1. The molecule has 0 atom stereocenters. The SMILES string of the molecule is [B]C([B])(Oc1cc(C)n(-c2cc(-n3ccc(C)c(C(C)(C)O)c3=O)ncc2C)c(=O)c1Cl)c1ncc(F)cc1F. The number of rotatable bonds is 6. The molecule has 0 saturated heterocycles. The maximum absolute atomic E-state index is 14.3. The minimum Gasteiger partial charge on any atom is -0.499 e. The van der Waals surface area contributed by atoms with Crippen LogP contribution in [0.2, 0.25) is 5.02 Å². The Morgan fingerprint density at radius 3 is 2.30 bits per heavy atom. The number of nitrogens with zero attached hydrogens (tertiary/aromatic N) is 4. The highest BCUT2D eigenvalue weighted by Crippen LogP contribution is 2.30. The highest BCUT2D eigenvalue weighted by molar-refractivity contribution is 6.39. The Balaban J connectivity index is 1.82. The van der Waals surface area contributed by atoms with Crippen molar-refractivity contribution in [1.29, 1.82) is 0 Å². The maximum atomic E-state index is 14.3. The van der Waals surface area contributed by atoms with Crippen molar-refractivity contribution in [2.75, 3.05) is 0 Å². The van der Waals surface area contributed by atoms with Gasteiger partial charge in [-0.1, -0.05) is 11.6 Å². The van der Waals surface area contributed by atoms with Crippen LogP contribution in [-0.4, -0.2) is 39.9 Å². The van der Waals surface area contributed by atoms with Crippen molar-refractivity contribution < 1.29 is 18.6 Å². The van der Waals surface area contributed by atoms with Gasteiger partial charge in [0.2, 0.25) is 0 Å². The summed E-state index contributed by atoms with van der Waals surface area (Å²) in [4.78, 5) is 34.6. The first-order valence-corrected chi connectivity index (χ1v) is 12.3. The van der Waals surface area contributed by atoms with Crippen molar-refractivity contribution in [1.82, 2.24) is 19.1 Å². The topological polar surface area (TPSA) is 99.2 Å². The smallest absolute Gasteiger partial charge is 0.277 e. The van der Waals surface area contributed by atoms with Crippen LogP contribution in [0.3, 0.4) is 0 Å². The van der Waals surface area contributed by atoms with E-state index < -0.39 is 44.5 Å². The van der Waals surface area contributed by atoms with Crippen molar-refractivity contribution in [3.63, 3.8) is 0 Å². The van der Waals surface area contributed by atoms with Crippen LogP contribution in [0.1, 0.15) is 41.9 Å². The summed E-state index contributed by atoms with van der Waals surface area (Å²) in [7, 11) is 11.8. The van der Waals surface area contributed by atoms with Crippen LogP contribution >= 0.6 is 11.6 Å². The van der Waals surface area contributed by atoms with E-state index in [4.69, 9.17) is 32.0 Å². The molecule has 40 heavy (non-hydrogen) atoms. The fourth-order valence-electron chi connectivity index (χ4n) is 4.41. The lowest BCUT2D eigenvalue weighted by molar-refractivity contribution is 0.0760. The molecule has 0 amide bonds. The molecule has 0 unspecified atom stereocenters. The summed E-state index contributed by atoms with van der Waals surface area (Å²) in [5.41, 5.74) is -1.13. The predicted octanol–water partition coefficient (Wildman–Crippen LogP) is 3.39. The van der Waals surface area contributed by atoms with Crippen LogP contribution in [0.4, 0.5) is 8.78 Å². The normalized spacial score (nSPS) is 12.0. The molecule has 4 heterocycles. The Labute approximate surface area is 236 Å². The van der Waals surface area contributed by atoms with E-state index in [0.717, 1.165) is 6.20 Å². The van der Waals surface area contributed by atoms with Crippen LogP contribution in [0.15, 0.2) is 52.4 Å². The third-order valence-corrected chi connectivity index (χ3v) is 6.57. The number of halogens is 3. The van der Waals surface area contributed by atoms with Gasteiger partial charge in [-0.3, -0.25) is 23.7 Å². The third kappa shape index (κ3) is 5.33. The molecule has 0 bridgehead atoms. The van der Waals surface area contributed by atoms with Gasteiger partial charge in [0, 0.05) is 36.3 Å². The van der Waals surface area contributed by atoms with Gasteiger partial charge in [-0.2, -0.15) is 0 Å². The van der Waals surface area contributed by atoms with Gasteiger partial charge < -0.3 is 9.84 Å². The highest BCUT2D eigenvalue weighted by Gasteiger charge is 2.30. The van der Waals surface area contributed by atoms with E-state index in [2.05, 4.69) is 9.97 Å². The summed E-state index contributed by atoms with van der Waals surface area (Å²) >= 11 is 6.36. The standard InChI is InChI=1S/C27H23B2ClF2N4O4/c1-13-6-7-35(24(37)21(13)26(4,5)39)20-10-18(14(2)11-33-20)36-15(3)8-19(22(30)25(36)38)40-27(28,29)23-17(32)9-16(31)12-34-23/h6-12,39H,1-5H3. The van der Waals surface area contributed by atoms with Crippen molar-refractivity contribution in [2.45, 2.75) is 45.6 Å². The Hall–Kier alpha value is -3.76. The monoisotopic (exact) mass is 562 g/mol. The summed E-state index contributed by atoms with van der Waals surface area (Å²) in [6.07, 6.45) is 3.73. The molecule has 0 aliphatic rings. The molecular weight excluding hydrogens is 539 g/mol. The van der Waals surface area contributed by atoms with Crippen molar-refractivity contribution >= 4 is 27.3 Å². The van der Waals surface area contributed by atoms with E-state index >= 15 is 0 Å². The van der Waals surface area contributed by atoms with E-state index in [1.54, 1.807) is 26.8 Å². The van der Waals surface area contributed by atoms with Gasteiger partial charge in [-0.05, 0) is 51.8 Å². The van der Waals surface area contributed by atoms with Gasteiger partial charge in [0.25, 0.3) is 11.1 Å². The Morgan fingerprint density at radius 1 is 1.00 bits per heavy atom. The average Bonchev–Trinajstić information content (AvgIpc) is 2.82. The molecule has 4 rings (SSSR count). The molecule has 4 radical (unpaired) electrons. The van der Waals surface area contributed by atoms with Gasteiger partial charge >= 0.3 is 0 Å². The fraction of sp³-hybridized carbons (Fsp3) is 0.259. The van der Waals surface area contributed by atoms with Gasteiger partial charge in [-0.25, -0.2) is 13.8 Å². The summed E-state index contributed by atoms with van der Waals surface area (Å²) in [5, 5.41) is 7.72. The second kappa shape index (κ2) is 10.3.